The second-order valence-electron chi connectivity index (χ2n) is 3.08. The summed E-state index contributed by atoms with van der Waals surface area (Å²) >= 11 is 0. The van der Waals surface area contributed by atoms with E-state index in [0.29, 0.717) is 11.5 Å². The van der Waals surface area contributed by atoms with E-state index < -0.39 is 6.16 Å². The van der Waals surface area contributed by atoms with Gasteiger partial charge in [-0.05, 0) is 24.3 Å². The molecule has 0 radical (unpaired) electrons. The second-order valence-corrected chi connectivity index (χ2v) is 3.08. The molecule has 0 saturated carbocycles. The van der Waals surface area contributed by atoms with Crippen LogP contribution in [0.5, 0.6) is 11.5 Å². The monoisotopic (exact) mass is 248 g/mol. The summed E-state index contributed by atoms with van der Waals surface area (Å²) in [7, 11) is 0. The van der Waals surface area contributed by atoms with Crippen LogP contribution >= 0.6 is 0 Å². The van der Waals surface area contributed by atoms with E-state index in [0.717, 1.165) is 0 Å². The Balaban J connectivity index is 0.000000199. The summed E-state index contributed by atoms with van der Waals surface area (Å²) in [4.78, 5) is 18.0. The maximum atomic E-state index is 9.83. The number of carbonyl (C=O) groups is 1. The molecule has 0 atom stereocenters. The van der Waals surface area contributed by atoms with Gasteiger partial charge < -0.3 is 10.2 Å². The number of aromatic hydroxyl groups is 1. The summed E-state index contributed by atoms with van der Waals surface area (Å²) in [6.07, 6.45) is -1.46. The van der Waals surface area contributed by atoms with Gasteiger partial charge in [0.25, 0.3) is 0 Å². The number of carboxylic acid groups (broad SMARTS) is 1. The SMILES string of the molecule is O=C(O)OOc1ccccc1.Oc1ccccc1. The average molecular weight is 248 g/mol. The molecule has 0 aliphatic carbocycles. The quantitative estimate of drug-likeness (QED) is 0.631. The molecule has 0 spiro atoms. The van der Waals surface area contributed by atoms with E-state index >= 15 is 0 Å². The van der Waals surface area contributed by atoms with E-state index in [1.165, 1.54) is 0 Å². The standard InChI is InChI=1S/C7H6O4.C6H6O/c8-7(9)11-10-6-4-2-1-3-5-6;7-6-4-2-1-3-5-6/h1-5H,(H,8,9);1-5,7H. The zero-order chi connectivity index (χ0) is 13.2. The summed E-state index contributed by atoms with van der Waals surface area (Å²) < 4.78 is 0. The Morgan fingerprint density at radius 3 is 1.78 bits per heavy atom. The molecule has 2 N–H and O–H groups in total. The van der Waals surface area contributed by atoms with Crippen LogP contribution in [0.15, 0.2) is 60.7 Å². The number of hydrogen-bond acceptors (Lipinski definition) is 4. The lowest BCUT2D eigenvalue weighted by atomic mass is 10.3. The van der Waals surface area contributed by atoms with Gasteiger partial charge in [0, 0.05) is 0 Å². The topological polar surface area (TPSA) is 76.0 Å². The number of para-hydroxylation sites is 2. The zero-order valence-electron chi connectivity index (χ0n) is 9.39. The summed E-state index contributed by atoms with van der Waals surface area (Å²) in [6, 6.07) is 17.1. The average Bonchev–Trinajstić information content (AvgIpc) is 2.39. The first-order valence-electron chi connectivity index (χ1n) is 5.05. The minimum Gasteiger partial charge on any atom is -0.508 e. The Hall–Kier alpha value is -2.69. The Kier molecular flexibility index (Phi) is 5.62. The number of phenols is 1. The molecule has 0 aliphatic rings. The molecule has 0 heterocycles. The lowest BCUT2D eigenvalue weighted by Gasteiger charge is -1.98. The molecule has 2 aromatic carbocycles. The molecular formula is C13H12O5. The van der Waals surface area contributed by atoms with Crippen LogP contribution in [0.2, 0.25) is 0 Å². The lowest BCUT2D eigenvalue weighted by molar-refractivity contribution is -0.161. The Morgan fingerprint density at radius 1 is 0.889 bits per heavy atom. The van der Waals surface area contributed by atoms with Crippen LogP contribution in [0.1, 0.15) is 0 Å². The molecule has 0 aromatic heterocycles. The van der Waals surface area contributed by atoms with Crippen molar-refractivity contribution < 1.29 is 24.8 Å². The number of benzene rings is 2. The minimum absolute atomic E-state index is 0.322. The highest BCUT2D eigenvalue weighted by atomic mass is 17.2. The van der Waals surface area contributed by atoms with Gasteiger partial charge in [-0.1, -0.05) is 36.4 Å². The molecule has 18 heavy (non-hydrogen) atoms. The third kappa shape index (κ3) is 6.02. The van der Waals surface area contributed by atoms with Crippen LogP contribution in [0.25, 0.3) is 0 Å². The lowest BCUT2D eigenvalue weighted by Crippen LogP contribution is -2.03. The fourth-order valence-electron chi connectivity index (χ4n) is 0.988. The van der Waals surface area contributed by atoms with Gasteiger partial charge in [0.1, 0.15) is 5.75 Å². The van der Waals surface area contributed by atoms with Crippen LogP contribution < -0.4 is 4.89 Å². The third-order valence-corrected chi connectivity index (χ3v) is 1.71. The van der Waals surface area contributed by atoms with Crippen molar-refractivity contribution in [3.05, 3.63) is 60.7 Å². The summed E-state index contributed by atoms with van der Waals surface area (Å²) in [6.45, 7) is 0. The first-order chi connectivity index (χ1) is 8.68. The van der Waals surface area contributed by atoms with Gasteiger partial charge in [-0.25, -0.2) is 9.68 Å². The van der Waals surface area contributed by atoms with E-state index in [-0.39, 0.29) is 0 Å². The van der Waals surface area contributed by atoms with Crippen LogP contribution in [-0.2, 0) is 4.89 Å². The number of phenolic OH excluding ortho intramolecular Hbond substituents is 1. The van der Waals surface area contributed by atoms with Crippen molar-refractivity contribution in [3.8, 4) is 11.5 Å². The van der Waals surface area contributed by atoms with Crippen molar-refractivity contribution in [3.63, 3.8) is 0 Å². The van der Waals surface area contributed by atoms with Crippen molar-refractivity contribution >= 4 is 6.16 Å². The molecule has 0 bridgehead atoms. The van der Waals surface area contributed by atoms with Gasteiger partial charge in [-0.2, -0.15) is 0 Å². The molecule has 5 nitrogen and oxygen atoms in total. The van der Waals surface area contributed by atoms with Crippen molar-refractivity contribution in [1.82, 2.24) is 0 Å². The molecule has 0 aliphatic heterocycles. The smallest absolute Gasteiger partial charge is 0.508 e. The van der Waals surface area contributed by atoms with Crippen molar-refractivity contribution in [2.45, 2.75) is 0 Å². The van der Waals surface area contributed by atoms with Crippen LogP contribution in [0, 0.1) is 0 Å². The molecule has 94 valence electrons. The summed E-state index contributed by atoms with van der Waals surface area (Å²) in [5.41, 5.74) is 0. The molecular weight excluding hydrogens is 236 g/mol. The highest BCUT2D eigenvalue weighted by Gasteiger charge is 1.97. The van der Waals surface area contributed by atoms with E-state index in [1.54, 1.807) is 54.6 Å². The maximum Gasteiger partial charge on any atom is 0.547 e. The molecule has 2 rings (SSSR count). The van der Waals surface area contributed by atoms with Gasteiger partial charge in [-0.15, -0.1) is 0 Å². The first-order valence-corrected chi connectivity index (χ1v) is 5.05. The molecule has 2 aromatic rings. The van der Waals surface area contributed by atoms with Crippen LogP contribution in [0.4, 0.5) is 4.79 Å². The third-order valence-electron chi connectivity index (χ3n) is 1.71. The molecule has 0 saturated heterocycles. The van der Waals surface area contributed by atoms with Gasteiger partial charge in [0.2, 0.25) is 0 Å². The maximum absolute atomic E-state index is 9.83. The Morgan fingerprint density at radius 2 is 1.39 bits per heavy atom. The Bertz CT molecular complexity index is 455. The van der Waals surface area contributed by atoms with Gasteiger partial charge in [-0.3, -0.25) is 4.89 Å². The van der Waals surface area contributed by atoms with Gasteiger partial charge in [0.05, 0.1) is 0 Å². The second kappa shape index (κ2) is 7.56. The fraction of sp³-hybridized carbons (Fsp3) is 0. The number of rotatable bonds is 2. The van der Waals surface area contributed by atoms with Gasteiger partial charge in [0.15, 0.2) is 5.75 Å². The van der Waals surface area contributed by atoms with Gasteiger partial charge >= 0.3 is 6.16 Å². The zero-order valence-corrected chi connectivity index (χ0v) is 9.39. The highest BCUT2D eigenvalue weighted by molar-refractivity contribution is 5.56. The summed E-state index contributed by atoms with van der Waals surface area (Å²) in [5, 5.41) is 16.7. The molecule has 0 fully saturated rings. The summed E-state index contributed by atoms with van der Waals surface area (Å²) in [5.74, 6) is 0.678. The predicted molar refractivity (Wildman–Crippen MR) is 64.3 cm³/mol. The first kappa shape index (κ1) is 13.4. The van der Waals surface area contributed by atoms with Crippen molar-refractivity contribution in [2.75, 3.05) is 0 Å². The molecule has 0 amide bonds. The van der Waals surface area contributed by atoms with E-state index in [2.05, 4.69) is 9.78 Å². The fourth-order valence-corrected chi connectivity index (χ4v) is 0.988. The normalized spacial score (nSPS) is 8.67. The van der Waals surface area contributed by atoms with E-state index in [4.69, 9.17) is 10.2 Å². The Labute approximate surface area is 104 Å². The minimum atomic E-state index is -1.46. The molecule has 5 heteroatoms. The van der Waals surface area contributed by atoms with E-state index in [1.807, 2.05) is 6.07 Å². The number of hydrogen-bond donors (Lipinski definition) is 2. The van der Waals surface area contributed by atoms with Crippen LogP contribution in [-0.4, -0.2) is 16.4 Å². The predicted octanol–water partition coefficient (Wildman–Crippen LogP) is 3.07. The largest absolute Gasteiger partial charge is 0.547 e. The van der Waals surface area contributed by atoms with Crippen molar-refractivity contribution in [2.24, 2.45) is 0 Å². The van der Waals surface area contributed by atoms with Crippen LogP contribution in [0.3, 0.4) is 0 Å². The van der Waals surface area contributed by atoms with E-state index in [9.17, 15) is 4.79 Å². The van der Waals surface area contributed by atoms with Crippen molar-refractivity contribution in [1.29, 1.82) is 0 Å². The molecule has 0 unspecified atom stereocenters. The highest BCUT2D eigenvalue weighted by Crippen LogP contribution is 2.08.